The van der Waals surface area contributed by atoms with E-state index in [1.54, 1.807) is 10.9 Å². The predicted molar refractivity (Wildman–Crippen MR) is 94.2 cm³/mol. The lowest BCUT2D eigenvalue weighted by Crippen LogP contribution is -2.11. The summed E-state index contributed by atoms with van der Waals surface area (Å²) in [5.74, 6) is 0.00291. The van der Waals surface area contributed by atoms with Crippen molar-refractivity contribution in [3.63, 3.8) is 0 Å². The van der Waals surface area contributed by atoms with Crippen molar-refractivity contribution >= 4 is 23.2 Å². The van der Waals surface area contributed by atoms with E-state index in [4.69, 9.17) is 9.47 Å². The van der Waals surface area contributed by atoms with Crippen LogP contribution < -0.4 is 14.3 Å². The molecule has 8 heteroatoms. The van der Waals surface area contributed by atoms with Gasteiger partial charge in [0.15, 0.2) is 17.3 Å². The molecule has 2 heterocycles. The lowest BCUT2D eigenvalue weighted by atomic mass is 10.2. The Bertz CT molecular complexity index is 1070. The van der Waals surface area contributed by atoms with E-state index in [2.05, 4.69) is 10.1 Å². The van der Waals surface area contributed by atoms with E-state index in [-0.39, 0.29) is 12.5 Å². The maximum atomic E-state index is 13.9. The van der Waals surface area contributed by atoms with Crippen LogP contribution in [0.3, 0.4) is 0 Å². The van der Waals surface area contributed by atoms with E-state index in [9.17, 15) is 8.78 Å². The van der Waals surface area contributed by atoms with E-state index in [1.165, 1.54) is 23.5 Å². The summed E-state index contributed by atoms with van der Waals surface area (Å²) in [6.07, 6.45) is 1.65. The van der Waals surface area contributed by atoms with Crippen molar-refractivity contribution in [2.45, 2.75) is 6.92 Å². The molecule has 0 saturated heterocycles. The Morgan fingerprint density at radius 3 is 2.81 bits per heavy atom. The zero-order valence-electron chi connectivity index (χ0n) is 13.6. The molecule has 0 unspecified atom stereocenters. The van der Waals surface area contributed by atoms with Gasteiger partial charge in [0.25, 0.3) is 0 Å². The number of hydrogen-bond acceptors (Lipinski definition) is 5. The number of thiazole rings is 1. The van der Waals surface area contributed by atoms with Gasteiger partial charge in [0.1, 0.15) is 11.5 Å². The van der Waals surface area contributed by atoms with E-state index in [0.29, 0.717) is 16.3 Å². The molecule has 0 radical (unpaired) electrons. The van der Waals surface area contributed by atoms with E-state index in [0.717, 1.165) is 17.3 Å². The third-order valence-electron chi connectivity index (χ3n) is 3.69. The summed E-state index contributed by atoms with van der Waals surface area (Å²) in [4.78, 5) is 4.73. The first-order valence-electron chi connectivity index (χ1n) is 7.71. The van der Waals surface area contributed by atoms with Gasteiger partial charge in [-0.3, -0.25) is 0 Å². The Morgan fingerprint density at radius 1 is 1.12 bits per heavy atom. The molecule has 132 valence electrons. The summed E-state index contributed by atoms with van der Waals surface area (Å²) in [7, 11) is 0. The van der Waals surface area contributed by atoms with Crippen molar-refractivity contribution in [2.75, 3.05) is 6.79 Å². The molecular formula is C18H13F2N3O2S. The molecular weight excluding hydrogens is 360 g/mol. The number of aromatic nitrogens is 1. The van der Waals surface area contributed by atoms with Crippen LogP contribution in [0.2, 0.25) is 0 Å². The normalized spacial score (nSPS) is 13.7. The molecule has 3 aromatic rings. The molecule has 2 aromatic carbocycles. The van der Waals surface area contributed by atoms with Crippen molar-refractivity contribution in [2.24, 2.45) is 10.1 Å². The minimum atomic E-state index is -0.720. The van der Waals surface area contributed by atoms with E-state index < -0.39 is 11.6 Å². The smallest absolute Gasteiger partial charge is 0.231 e. The van der Waals surface area contributed by atoms with Gasteiger partial charge in [-0.15, -0.1) is 11.3 Å². The third kappa shape index (κ3) is 3.23. The van der Waals surface area contributed by atoms with Crippen LogP contribution in [0.25, 0.3) is 0 Å². The topological polar surface area (TPSA) is 48.1 Å². The summed E-state index contributed by atoms with van der Waals surface area (Å²) in [5, 5.41) is 6.28. The largest absolute Gasteiger partial charge is 0.454 e. The summed E-state index contributed by atoms with van der Waals surface area (Å²) in [6.45, 7) is 2.08. The molecule has 4 rings (SSSR count). The summed E-state index contributed by atoms with van der Waals surface area (Å²) < 4.78 is 39.1. The number of aryl methyl sites for hydroxylation is 1. The molecule has 0 spiro atoms. The van der Waals surface area contributed by atoms with Crippen molar-refractivity contribution in [3.8, 4) is 11.5 Å². The molecule has 26 heavy (non-hydrogen) atoms. The fourth-order valence-corrected chi connectivity index (χ4v) is 3.21. The second kappa shape index (κ2) is 6.72. The number of benzene rings is 2. The first-order valence-corrected chi connectivity index (χ1v) is 8.59. The highest BCUT2D eigenvalue weighted by atomic mass is 32.1. The van der Waals surface area contributed by atoms with E-state index >= 15 is 0 Å². The SMILES string of the molecule is Cc1csc(=Nc2ccc(F)cc2F)n1N=Cc1ccc2c(c1)OCO2. The monoisotopic (exact) mass is 373 g/mol. The Hall–Kier alpha value is -3.00. The van der Waals surface area contributed by atoms with Gasteiger partial charge in [0, 0.05) is 11.4 Å². The maximum Gasteiger partial charge on any atom is 0.231 e. The average molecular weight is 373 g/mol. The first kappa shape index (κ1) is 16.5. The Morgan fingerprint density at radius 2 is 1.96 bits per heavy atom. The fourth-order valence-electron chi connectivity index (χ4n) is 2.40. The highest BCUT2D eigenvalue weighted by Gasteiger charge is 2.12. The molecule has 0 aliphatic carbocycles. The first-order chi connectivity index (χ1) is 12.6. The molecule has 1 aliphatic rings. The standard InChI is InChI=1S/C18H13F2N3O2S/c1-11-9-26-18(22-15-4-3-13(19)7-14(15)20)23(11)21-8-12-2-5-16-17(6-12)25-10-24-16/h2-9H,10H2,1H3. The molecule has 0 saturated carbocycles. The minimum absolute atomic E-state index is 0.0558. The van der Waals surface area contributed by atoms with Crippen LogP contribution in [0.4, 0.5) is 14.5 Å². The van der Waals surface area contributed by atoms with Crippen molar-refractivity contribution in [1.82, 2.24) is 4.68 Å². The number of ether oxygens (including phenoxy) is 2. The van der Waals surface area contributed by atoms with Crippen LogP contribution in [-0.4, -0.2) is 17.7 Å². The van der Waals surface area contributed by atoms with Gasteiger partial charge < -0.3 is 9.47 Å². The Labute approximate surface area is 151 Å². The lowest BCUT2D eigenvalue weighted by molar-refractivity contribution is 0.174. The number of halogens is 2. The maximum absolute atomic E-state index is 13.9. The minimum Gasteiger partial charge on any atom is -0.454 e. The van der Waals surface area contributed by atoms with Gasteiger partial charge in [-0.2, -0.15) is 5.10 Å². The predicted octanol–water partition coefficient (Wildman–Crippen LogP) is 3.98. The molecule has 0 bridgehead atoms. The van der Waals surface area contributed by atoms with Crippen LogP contribution in [0.1, 0.15) is 11.3 Å². The molecule has 0 fully saturated rings. The summed E-state index contributed by atoms with van der Waals surface area (Å²) in [6, 6.07) is 8.77. The number of nitrogens with zero attached hydrogens (tertiary/aromatic N) is 3. The van der Waals surface area contributed by atoms with Crippen LogP contribution in [0.5, 0.6) is 11.5 Å². The third-order valence-corrected chi connectivity index (χ3v) is 4.63. The zero-order chi connectivity index (χ0) is 18.1. The van der Waals surface area contributed by atoms with Crippen LogP contribution in [0, 0.1) is 18.6 Å². The molecule has 0 N–H and O–H groups in total. The molecule has 1 aromatic heterocycles. The van der Waals surface area contributed by atoms with Crippen molar-refractivity contribution in [3.05, 3.63) is 69.5 Å². The average Bonchev–Trinajstić information content (AvgIpc) is 3.22. The lowest BCUT2D eigenvalue weighted by Gasteiger charge is -2.00. The highest BCUT2D eigenvalue weighted by Crippen LogP contribution is 2.32. The number of fused-ring (bicyclic) bond motifs is 1. The van der Waals surface area contributed by atoms with Gasteiger partial charge >= 0.3 is 0 Å². The summed E-state index contributed by atoms with van der Waals surface area (Å²) >= 11 is 1.32. The van der Waals surface area contributed by atoms with Gasteiger partial charge in [-0.1, -0.05) is 0 Å². The summed E-state index contributed by atoms with van der Waals surface area (Å²) in [5.41, 5.74) is 1.72. The molecule has 0 amide bonds. The number of rotatable bonds is 3. The van der Waals surface area contributed by atoms with Crippen LogP contribution in [-0.2, 0) is 0 Å². The van der Waals surface area contributed by atoms with Crippen LogP contribution in [0.15, 0.2) is 51.9 Å². The number of hydrogen-bond donors (Lipinski definition) is 0. The second-order valence-electron chi connectivity index (χ2n) is 5.54. The quantitative estimate of drug-likeness (QED) is 0.652. The molecule has 5 nitrogen and oxygen atoms in total. The van der Waals surface area contributed by atoms with Crippen molar-refractivity contribution in [1.29, 1.82) is 0 Å². The van der Waals surface area contributed by atoms with Gasteiger partial charge in [-0.25, -0.2) is 18.4 Å². The van der Waals surface area contributed by atoms with E-state index in [1.807, 2.05) is 30.5 Å². The van der Waals surface area contributed by atoms with Gasteiger partial charge in [-0.05, 0) is 42.8 Å². The highest BCUT2D eigenvalue weighted by molar-refractivity contribution is 7.07. The Balaban J connectivity index is 1.69. The molecule has 1 aliphatic heterocycles. The second-order valence-corrected chi connectivity index (χ2v) is 6.37. The van der Waals surface area contributed by atoms with Crippen LogP contribution >= 0.6 is 11.3 Å². The Kier molecular flexibility index (Phi) is 4.26. The van der Waals surface area contributed by atoms with Gasteiger partial charge in [0.2, 0.25) is 11.6 Å². The van der Waals surface area contributed by atoms with Crippen molar-refractivity contribution < 1.29 is 18.3 Å². The molecule has 0 atom stereocenters. The zero-order valence-corrected chi connectivity index (χ0v) is 14.5. The van der Waals surface area contributed by atoms with Gasteiger partial charge in [0.05, 0.1) is 11.9 Å². The fraction of sp³-hybridized carbons (Fsp3) is 0.111.